The standard InChI is InChI=1S/C14H15N5O/c1-9(11-5-3-10(7-15)4-6-11)18-14(20)13-12(16)8-17-19(13)2/h3-6,8-9H,16H2,1-2H3,(H,18,20). The topological polar surface area (TPSA) is 96.7 Å². The summed E-state index contributed by atoms with van der Waals surface area (Å²) in [5, 5.41) is 15.5. The lowest BCUT2D eigenvalue weighted by molar-refractivity contribution is 0.0931. The fourth-order valence-electron chi connectivity index (χ4n) is 1.93. The largest absolute Gasteiger partial charge is 0.396 e. The SMILES string of the molecule is CC(NC(=O)c1c(N)cnn1C)c1ccc(C#N)cc1. The van der Waals surface area contributed by atoms with E-state index < -0.39 is 0 Å². The third-order valence-electron chi connectivity index (χ3n) is 3.07. The van der Waals surface area contributed by atoms with E-state index in [0.717, 1.165) is 5.56 Å². The van der Waals surface area contributed by atoms with Crippen LogP contribution in [0.2, 0.25) is 0 Å². The highest BCUT2D eigenvalue weighted by Crippen LogP contribution is 2.15. The second-order valence-corrected chi connectivity index (χ2v) is 4.50. The van der Waals surface area contributed by atoms with Gasteiger partial charge >= 0.3 is 0 Å². The van der Waals surface area contributed by atoms with Crippen LogP contribution in [0.25, 0.3) is 0 Å². The summed E-state index contributed by atoms with van der Waals surface area (Å²) in [7, 11) is 1.66. The number of carbonyl (C=O) groups excluding carboxylic acids is 1. The Morgan fingerprint density at radius 1 is 1.45 bits per heavy atom. The molecular formula is C14H15N5O. The Bertz CT molecular complexity index is 646. The molecule has 0 spiro atoms. The Morgan fingerprint density at radius 2 is 2.10 bits per heavy atom. The van der Waals surface area contributed by atoms with Crippen molar-refractivity contribution in [2.45, 2.75) is 13.0 Å². The Labute approximate surface area is 116 Å². The highest BCUT2D eigenvalue weighted by Gasteiger charge is 2.17. The van der Waals surface area contributed by atoms with Crippen LogP contribution in [0.5, 0.6) is 0 Å². The molecule has 102 valence electrons. The molecule has 3 N–H and O–H groups in total. The molecule has 0 bridgehead atoms. The third-order valence-corrected chi connectivity index (χ3v) is 3.07. The van der Waals surface area contributed by atoms with E-state index in [1.807, 2.05) is 19.1 Å². The molecule has 1 heterocycles. The van der Waals surface area contributed by atoms with E-state index in [1.54, 1.807) is 19.2 Å². The Morgan fingerprint density at radius 3 is 2.60 bits per heavy atom. The highest BCUT2D eigenvalue weighted by molar-refractivity contribution is 5.97. The summed E-state index contributed by atoms with van der Waals surface area (Å²) in [6, 6.07) is 8.93. The van der Waals surface area contributed by atoms with E-state index in [2.05, 4.69) is 16.5 Å². The smallest absolute Gasteiger partial charge is 0.272 e. The molecular weight excluding hydrogens is 254 g/mol. The molecule has 1 aromatic heterocycles. The zero-order chi connectivity index (χ0) is 14.7. The van der Waals surface area contributed by atoms with Gasteiger partial charge in [0.1, 0.15) is 5.69 Å². The molecule has 0 aliphatic rings. The summed E-state index contributed by atoms with van der Waals surface area (Å²) < 4.78 is 1.44. The van der Waals surface area contributed by atoms with Gasteiger partial charge in [-0.1, -0.05) is 12.1 Å². The Kier molecular flexibility index (Phi) is 3.71. The van der Waals surface area contributed by atoms with Gasteiger partial charge in [-0.2, -0.15) is 10.4 Å². The van der Waals surface area contributed by atoms with Crippen LogP contribution in [0.1, 0.15) is 34.6 Å². The summed E-state index contributed by atoms with van der Waals surface area (Å²) in [5.74, 6) is -0.278. The summed E-state index contributed by atoms with van der Waals surface area (Å²) in [6.07, 6.45) is 1.45. The van der Waals surface area contributed by atoms with Crippen LogP contribution in [0.3, 0.4) is 0 Å². The number of rotatable bonds is 3. The molecule has 1 aromatic carbocycles. The average molecular weight is 269 g/mol. The monoisotopic (exact) mass is 269 g/mol. The van der Waals surface area contributed by atoms with Crippen molar-refractivity contribution in [3.05, 3.63) is 47.3 Å². The number of nitriles is 1. The molecule has 1 atom stereocenters. The number of carbonyl (C=O) groups is 1. The van der Waals surface area contributed by atoms with Gasteiger partial charge in [0.2, 0.25) is 0 Å². The van der Waals surface area contributed by atoms with Crippen molar-refractivity contribution in [1.82, 2.24) is 15.1 Å². The molecule has 6 heteroatoms. The number of amides is 1. The second-order valence-electron chi connectivity index (χ2n) is 4.50. The maximum atomic E-state index is 12.2. The van der Waals surface area contributed by atoms with Crippen molar-refractivity contribution >= 4 is 11.6 Å². The lowest BCUT2D eigenvalue weighted by Gasteiger charge is -2.14. The van der Waals surface area contributed by atoms with Crippen LogP contribution < -0.4 is 11.1 Å². The first kappa shape index (κ1) is 13.6. The molecule has 0 saturated heterocycles. The van der Waals surface area contributed by atoms with Crippen LogP contribution in [0.15, 0.2) is 30.5 Å². The van der Waals surface area contributed by atoms with E-state index in [9.17, 15) is 4.79 Å². The van der Waals surface area contributed by atoms with Crippen molar-refractivity contribution in [2.24, 2.45) is 7.05 Å². The molecule has 0 aliphatic heterocycles. The predicted octanol–water partition coefficient (Wildman–Crippen LogP) is 1.36. The van der Waals surface area contributed by atoms with E-state index >= 15 is 0 Å². The van der Waals surface area contributed by atoms with Crippen LogP contribution in [-0.4, -0.2) is 15.7 Å². The number of hydrogen-bond acceptors (Lipinski definition) is 4. The molecule has 0 radical (unpaired) electrons. The number of nitrogens with one attached hydrogen (secondary N) is 1. The number of nitrogen functional groups attached to an aromatic ring is 1. The zero-order valence-corrected chi connectivity index (χ0v) is 11.3. The normalized spacial score (nSPS) is 11.7. The van der Waals surface area contributed by atoms with Gasteiger partial charge in [0, 0.05) is 7.05 Å². The number of hydrogen-bond donors (Lipinski definition) is 2. The summed E-state index contributed by atoms with van der Waals surface area (Å²) in [4.78, 5) is 12.2. The van der Waals surface area contributed by atoms with Gasteiger partial charge < -0.3 is 11.1 Å². The van der Waals surface area contributed by atoms with Crippen LogP contribution in [0.4, 0.5) is 5.69 Å². The van der Waals surface area contributed by atoms with E-state index in [-0.39, 0.29) is 11.9 Å². The summed E-state index contributed by atoms with van der Waals surface area (Å²) in [5.41, 5.74) is 7.90. The minimum atomic E-state index is -0.278. The number of aryl methyl sites for hydroxylation is 1. The van der Waals surface area contributed by atoms with Crippen molar-refractivity contribution in [3.63, 3.8) is 0 Å². The molecule has 2 aromatic rings. The molecule has 6 nitrogen and oxygen atoms in total. The minimum Gasteiger partial charge on any atom is -0.396 e. The van der Waals surface area contributed by atoms with Gasteiger partial charge in [0.05, 0.1) is 29.6 Å². The molecule has 20 heavy (non-hydrogen) atoms. The van der Waals surface area contributed by atoms with E-state index in [0.29, 0.717) is 16.9 Å². The average Bonchev–Trinajstić information content (AvgIpc) is 2.78. The quantitative estimate of drug-likeness (QED) is 0.879. The Balaban J connectivity index is 2.13. The number of nitrogens with two attached hydrogens (primary N) is 1. The van der Waals surface area contributed by atoms with Crippen molar-refractivity contribution < 1.29 is 4.79 Å². The molecule has 0 fully saturated rings. The first-order valence-corrected chi connectivity index (χ1v) is 6.11. The third kappa shape index (κ3) is 2.62. The second kappa shape index (κ2) is 5.45. The summed E-state index contributed by atoms with van der Waals surface area (Å²) in [6.45, 7) is 1.87. The first-order valence-electron chi connectivity index (χ1n) is 6.11. The molecule has 1 amide bonds. The van der Waals surface area contributed by atoms with Crippen LogP contribution >= 0.6 is 0 Å². The minimum absolute atomic E-state index is 0.190. The van der Waals surface area contributed by atoms with Gasteiger partial charge in [0.25, 0.3) is 5.91 Å². The van der Waals surface area contributed by atoms with Gasteiger partial charge in [-0.3, -0.25) is 9.48 Å². The van der Waals surface area contributed by atoms with Gasteiger partial charge in [-0.15, -0.1) is 0 Å². The zero-order valence-electron chi connectivity index (χ0n) is 11.3. The lowest BCUT2D eigenvalue weighted by Crippen LogP contribution is -2.29. The van der Waals surface area contributed by atoms with Crippen molar-refractivity contribution in [2.75, 3.05) is 5.73 Å². The molecule has 2 rings (SSSR count). The number of nitrogens with zero attached hydrogens (tertiary/aromatic N) is 3. The Hall–Kier alpha value is -2.81. The van der Waals surface area contributed by atoms with Crippen LogP contribution in [-0.2, 0) is 7.05 Å². The van der Waals surface area contributed by atoms with Crippen molar-refractivity contribution in [1.29, 1.82) is 5.26 Å². The van der Waals surface area contributed by atoms with E-state index in [4.69, 9.17) is 11.0 Å². The van der Waals surface area contributed by atoms with Gasteiger partial charge in [-0.25, -0.2) is 0 Å². The maximum Gasteiger partial charge on any atom is 0.272 e. The fourth-order valence-corrected chi connectivity index (χ4v) is 1.93. The van der Waals surface area contributed by atoms with Gasteiger partial charge in [-0.05, 0) is 24.6 Å². The van der Waals surface area contributed by atoms with E-state index in [1.165, 1.54) is 10.9 Å². The van der Waals surface area contributed by atoms with Crippen LogP contribution in [0, 0.1) is 11.3 Å². The fraction of sp³-hybridized carbons (Fsp3) is 0.214. The highest BCUT2D eigenvalue weighted by atomic mass is 16.2. The number of anilines is 1. The lowest BCUT2D eigenvalue weighted by atomic mass is 10.1. The van der Waals surface area contributed by atoms with Gasteiger partial charge in [0.15, 0.2) is 0 Å². The summed E-state index contributed by atoms with van der Waals surface area (Å²) >= 11 is 0. The first-order chi connectivity index (χ1) is 9.52. The maximum absolute atomic E-state index is 12.2. The number of aromatic nitrogens is 2. The van der Waals surface area contributed by atoms with Crippen molar-refractivity contribution in [3.8, 4) is 6.07 Å². The molecule has 1 unspecified atom stereocenters. The predicted molar refractivity (Wildman–Crippen MR) is 74.7 cm³/mol. The molecule has 0 saturated carbocycles. The number of benzene rings is 1. The molecule has 0 aliphatic carbocycles.